The van der Waals surface area contributed by atoms with E-state index in [0.717, 1.165) is 54.9 Å². The molecule has 0 aliphatic heterocycles. The fourth-order valence-electron chi connectivity index (χ4n) is 2.43. The molecule has 0 aliphatic carbocycles. The maximum absolute atomic E-state index is 5.74. The molecule has 5 heteroatoms. The Kier molecular flexibility index (Phi) is 8.31. The summed E-state index contributed by atoms with van der Waals surface area (Å²) >= 11 is 0. The highest BCUT2D eigenvalue weighted by atomic mass is 35.5. The van der Waals surface area contributed by atoms with Gasteiger partial charge in [-0.05, 0) is 37.7 Å². The van der Waals surface area contributed by atoms with Crippen LogP contribution in [0.25, 0.3) is 11.0 Å². The topological polar surface area (TPSA) is 34.8 Å². The van der Waals surface area contributed by atoms with Crippen LogP contribution >= 0.6 is 12.4 Å². The van der Waals surface area contributed by atoms with Gasteiger partial charge in [0.2, 0.25) is 0 Å². The van der Waals surface area contributed by atoms with Crippen molar-refractivity contribution in [3.05, 3.63) is 30.0 Å². The maximum atomic E-state index is 5.74. The summed E-state index contributed by atoms with van der Waals surface area (Å²) in [6.45, 7) is 8.95. The van der Waals surface area contributed by atoms with Gasteiger partial charge in [0.05, 0.1) is 26.6 Å². The largest absolute Gasteiger partial charge is 0.496 e. The van der Waals surface area contributed by atoms with Crippen LogP contribution in [0.2, 0.25) is 0 Å². The number of halogens is 1. The Labute approximate surface area is 138 Å². The minimum atomic E-state index is 0. The normalized spacial score (nSPS) is 10.9. The van der Waals surface area contributed by atoms with Crippen LogP contribution in [-0.2, 0) is 11.2 Å². The van der Waals surface area contributed by atoms with Gasteiger partial charge in [-0.2, -0.15) is 0 Å². The number of fused-ring (bicyclic) bond motifs is 1. The highest BCUT2D eigenvalue weighted by Crippen LogP contribution is 2.27. The number of methoxy groups -OCH3 is 1. The third-order valence-corrected chi connectivity index (χ3v) is 3.82. The third-order valence-electron chi connectivity index (χ3n) is 3.82. The lowest BCUT2D eigenvalue weighted by atomic mass is 10.1. The molecule has 0 bridgehead atoms. The van der Waals surface area contributed by atoms with Crippen LogP contribution in [0.15, 0.2) is 28.9 Å². The fourth-order valence-corrected chi connectivity index (χ4v) is 2.43. The van der Waals surface area contributed by atoms with Gasteiger partial charge in [-0.1, -0.05) is 13.8 Å². The van der Waals surface area contributed by atoms with Gasteiger partial charge in [-0.3, -0.25) is 0 Å². The van der Waals surface area contributed by atoms with Crippen LogP contribution in [0.4, 0.5) is 0 Å². The van der Waals surface area contributed by atoms with E-state index in [-0.39, 0.29) is 12.4 Å². The minimum Gasteiger partial charge on any atom is -0.496 e. The minimum absolute atomic E-state index is 0. The number of rotatable bonds is 9. The van der Waals surface area contributed by atoms with E-state index in [4.69, 9.17) is 13.9 Å². The van der Waals surface area contributed by atoms with Crippen LogP contribution in [0.3, 0.4) is 0 Å². The monoisotopic (exact) mass is 327 g/mol. The summed E-state index contributed by atoms with van der Waals surface area (Å²) in [6, 6.07) is 6.01. The molecule has 1 aromatic heterocycles. The van der Waals surface area contributed by atoms with Crippen molar-refractivity contribution in [1.29, 1.82) is 0 Å². The average Bonchev–Trinajstić information content (AvgIpc) is 2.97. The average molecular weight is 328 g/mol. The van der Waals surface area contributed by atoms with Gasteiger partial charge >= 0.3 is 0 Å². The third kappa shape index (κ3) is 4.90. The smallest absolute Gasteiger partial charge is 0.134 e. The van der Waals surface area contributed by atoms with Crippen LogP contribution < -0.4 is 4.74 Å². The Morgan fingerprint density at radius 1 is 1.14 bits per heavy atom. The molecule has 0 saturated carbocycles. The predicted molar refractivity (Wildman–Crippen MR) is 92.3 cm³/mol. The Morgan fingerprint density at radius 3 is 2.59 bits per heavy atom. The van der Waals surface area contributed by atoms with Crippen molar-refractivity contribution in [2.45, 2.75) is 20.3 Å². The van der Waals surface area contributed by atoms with E-state index in [0.29, 0.717) is 6.61 Å². The number of furan rings is 1. The molecule has 1 aromatic carbocycles. The van der Waals surface area contributed by atoms with Crippen molar-refractivity contribution in [3.63, 3.8) is 0 Å². The Hall–Kier alpha value is -1.23. The number of hydrogen-bond donors (Lipinski definition) is 0. The van der Waals surface area contributed by atoms with Gasteiger partial charge < -0.3 is 18.8 Å². The van der Waals surface area contributed by atoms with Gasteiger partial charge in [-0.15, -0.1) is 12.4 Å². The summed E-state index contributed by atoms with van der Waals surface area (Å²) in [5, 5.41) is 1.07. The van der Waals surface area contributed by atoms with Gasteiger partial charge in [-0.25, -0.2) is 0 Å². The lowest BCUT2D eigenvalue weighted by molar-refractivity contribution is 0.109. The molecule has 0 spiro atoms. The molecule has 2 aromatic rings. The number of ether oxygens (including phenoxy) is 2. The zero-order valence-corrected chi connectivity index (χ0v) is 14.4. The summed E-state index contributed by atoms with van der Waals surface area (Å²) in [5.41, 5.74) is 2.02. The van der Waals surface area contributed by atoms with Crippen LogP contribution in [0, 0.1) is 0 Å². The van der Waals surface area contributed by atoms with E-state index in [2.05, 4.69) is 18.7 Å². The second kappa shape index (κ2) is 9.72. The molecule has 22 heavy (non-hydrogen) atoms. The first-order chi connectivity index (χ1) is 10.3. The Morgan fingerprint density at radius 2 is 1.91 bits per heavy atom. The summed E-state index contributed by atoms with van der Waals surface area (Å²) < 4.78 is 16.6. The predicted octanol–water partition coefficient (Wildman–Crippen LogP) is 3.76. The van der Waals surface area contributed by atoms with Gasteiger partial charge in [0, 0.05) is 17.5 Å². The van der Waals surface area contributed by atoms with Gasteiger partial charge in [0.15, 0.2) is 0 Å². The number of hydrogen-bond acceptors (Lipinski definition) is 4. The highest BCUT2D eigenvalue weighted by Gasteiger charge is 2.07. The van der Waals surface area contributed by atoms with E-state index in [1.807, 2.05) is 18.2 Å². The molecule has 0 radical (unpaired) electrons. The first kappa shape index (κ1) is 18.8. The molecule has 0 saturated heterocycles. The molecule has 2 rings (SSSR count). The van der Waals surface area contributed by atoms with Crippen molar-refractivity contribution in [3.8, 4) is 5.75 Å². The highest BCUT2D eigenvalue weighted by molar-refractivity contribution is 5.85. The second-order valence-corrected chi connectivity index (χ2v) is 5.01. The summed E-state index contributed by atoms with van der Waals surface area (Å²) in [6.07, 6.45) is 2.53. The number of nitrogens with zero attached hydrogens (tertiary/aromatic N) is 1. The molecule has 0 unspecified atom stereocenters. The van der Waals surface area contributed by atoms with Gasteiger partial charge in [0.25, 0.3) is 0 Å². The zero-order valence-electron chi connectivity index (χ0n) is 13.6. The van der Waals surface area contributed by atoms with Crippen molar-refractivity contribution in [2.75, 3.05) is 40.0 Å². The Bertz CT molecular complexity index is 552. The molecule has 4 nitrogen and oxygen atoms in total. The van der Waals surface area contributed by atoms with E-state index >= 15 is 0 Å². The van der Waals surface area contributed by atoms with Crippen molar-refractivity contribution in [1.82, 2.24) is 4.90 Å². The molecule has 0 N–H and O–H groups in total. The molecule has 0 aliphatic rings. The zero-order chi connectivity index (χ0) is 15.1. The van der Waals surface area contributed by atoms with E-state index < -0.39 is 0 Å². The van der Waals surface area contributed by atoms with E-state index in [9.17, 15) is 0 Å². The molecular formula is C17H26ClNO3. The summed E-state index contributed by atoms with van der Waals surface area (Å²) in [4.78, 5) is 2.36. The number of likely N-dealkylation sites (N-methyl/N-ethyl adjacent to an activating group) is 1. The molecule has 0 fully saturated rings. The van der Waals surface area contributed by atoms with E-state index in [1.165, 1.54) is 0 Å². The number of benzene rings is 1. The molecule has 1 heterocycles. The van der Waals surface area contributed by atoms with Crippen LogP contribution in [0.5, 0.6) is 5.75 Å². The Balaban J connectivity index is 0.00000242. The second-order valence-electron chi connectivity index (χ2n) is 5.01. The standard InChI is InChI=1S/C17H25NO3.ClH/c1-4-18(5-2)8-11-20-9-6-14-13-17-15(7-10-21-17)12-16(14)19-3;/h7,10,12-13H,4-6,8-9,11H2,1-3H3;1H. The molecular weight excluding hydrogens is 302 g/mol. The fraction of sp³-hybridized carbons (Fsp3) is 0.529. The SMILES string of the molecule is CCN(CC)CCOCCc1cc2occc2cc1OC.Cl. The van der Waals surface area contributed by atoms with E-state index in [1.54, 1.807) is 13.4 Å². The maximum Gasteiger partial charge on any atom is 0.134 e. The summed E-state index contributed by atoms with van der Waals surface area (Å²) in [5.74, 6) is 0.899. The van der Waals surface area contributed by atoms with Crippen molar-refractivity contribution < 1.29 is 13.9 Å². The van der Waals surface area contributed by atoms with Crippen molar-refractivity contribution in [2.24, 2.45) is 0 Å². The van der Waals surface area contributed by atoms with Crippen molar-refractivity contribution >= 4 is 23.4 Å². The quantitative estimate of drug-likeness (QED) is 0.657. The summed E-state index contributed by atoms with van der Waals surface area (Å²) in [7, 11) is 1.70. The van der Waals surface area contributed by atoms with Crippen LogP contribution in [-0.4, -0.2) is 44.9 Å². The first-order valence-corrected chi connectivity index (χ1v) is 7.62. The molecule has 0 amide bonds. The van der Waals surface area contributed by atoms with Gasteiger partial charge in [0.1, 0.15) is 11.3 Å². The van der Waals surface area contributed by atoms with Crippen LogP contribution in [0.1, 0.15) is 19.4 Å². The molecule has 124 valence electrons. The molecule has 0 atom stereocenters. The lowest BCUT2D eigenvalue weighted by Gasteiger charge is -2.17. The lowest BCUT2D eigenvalue weighted by Crippen LogP contribution is -2.27. The first-order valence-electron chi connectivity index (χ1n) is 7.62.